The van der Waals surface area contributed by atoms with Crippen LogP contribution in [0.1, 0.15) is 17.3 Å². The van der Waals surface area contributed by atoms with Crippen molar-refractivity contribution in [3.05, 3.63) is 48.0 Å². The molecule has 0 saturated carbocycles. The molecule has 4 nitrogen and oxygen atoms in total. The van der Waals surface area contributed by atoms with Gasteiger partial charge in [-0.2, -0.15) is 0 Å². The van der Waals surface area contributed by atoms with Crippen molar-refractivity contribution in [2.75, 3.05) is 6.61 Å². The highest BCUT2D eigenvalue weighted by Crippen LogP contribution is 2.11. The van der Waals surface area contributed by atoms with Gasteiger partial charge in [-0.05, 0) is 6.92 Å². The van der Waals surface area contributed by atoms with Crippen LogP contribution in [-0.2, 0) is 9.53 Å². The van der Waals surface area contributed by atoms with E-state index in [1.807, 2.05) is 0 Å². The molecule has 0 fully saturated rings. The maximum atomic E-state index is 11.8. The Morgan fingerprint density at radius 3 is 2.47 bits per heavy atom. The summed E-state index contributed by atoms with van der Waals surface area (Å²) in [5, 5.41) is 9.55. The maximum Gasteiger partial charge on any atom is 0.339 e. The second kappa shape index (κ2) is 5.96. The first-order valence-electron chi connectivity index (χ1n) is 5.21. The first-order chi connectivity index (χ1) is 8.07. The number of Topliss-reactive ketones (excluding diaryl/α,β-unsaturated/α-hetero) is 1. The number of carbonyl (C=O) groups excluding carboxylic acids is 2. The summed E-state index contributed by atoms with van der Waals surface area (Å²) < 4.78 is 4.61. The van der Waals surface area contributed by atoms with Crippen LogP contribution in [0.4, 0.5) is 0 Å². The summed E-state index contributed by atoms with van der Waals surface area (Å²) in [5.41, 5.74) is 0.190. The van der Waals surface area contributed by atoms with Gasteiger partial charge in [0.1, 0.15) is 0 Å². The van der Waals surface area contributed by atoms with Gasteiger partial charge in [-0.25, -0.2) is 4.79 Å². The molecule has 0 saturated heterocycles. The van der Waals surface area contributed by atoms with Crippen LogP contribution in [0, 0.1) is 0 Å². The van der Waals surface area contributed by atoms with E-state index in [1.54, 1.807) is 37.3 Å². The van der Waals surface area contributed by atoms with E-state index in [4.69, 9.17) is 0 Å². The Labute approximate surface area is 99.5 Å². The molecule has 0 bridgehead atoms. The lowest BCUT2D eigenvalue weighted by atomic mass is 10.0. The lowest BCUT2D eigenvalue weighted by Crippen LogP contribution is -2.28. The smallest absolute Gasteiger partial charge is 0.339 e. The Morgan fingerprint density at radius 1 is 1.35 bits per heavy atom. The molecule has 90 valence electrons. The number of ether oxygens (including phenoxy) is 1. The second-order valence-corrected chi connectivity index (χ2v) is 3.37. The van der Waals surface area contributed by atoms with Gasteiger partial charge in [0.05, 0.1) is 6.61 Å². The number of aliphatic hydroxyl groups is 1. The summed E-state index contributed by atoms with van der Waals surface area (Å²) in [7, 11) is 0. The quantitative estimate of drug-likeness (QED) is 0.474. The molecule has 0 amide bonds. The van der Waals surface area contributed by atoms with Gasteiger partial charge in [0, 0.05) is 11.1 Å². The zero-order valence-corrected chi connectivity index (χ0v) is 9.55. The maximum absolute atomic E-state index is 11.8. The van der Waals surface area contributed by atoms with Gasteiger partial charge >= 0.3 is 5.97 Å². The molecule has 1 aromatic rings. The number of ketones is 1. The lowest BCUT2D eigenvalue weighted by molar-refractivity contribution is -0.150. The number of hydrogen-bond donors (Lipinski definition) is 1. The Hall–Kier alpha value is -1.94. The molecule has 0 heterocycles. The highest BCUT2D eigenvalue weighted by atomic mass is 16.5. The van der Waals surface area contributed by atoms with Gasteiger partial charge in [0.15, 0.2) is 11.9 Å². The summed E-state index contributed by atoms with van der Waals surface area (Å²) >= 11 is 0. The molecule has 1 atom stereocenters. The molecule has 0 aliphatic rings. The third-order valence-electron chi connectivity index (χ3n) is 2.17. The predicted molar refractivity (Wildman–Crippen MR) is 62.6 cm³/mol. The molecular weight excluding hydrogens is 220 g/mol. The molecule has 0 aromatic heterocycles. The predicted octanol–water partition coefficient (Wildman–Crippen LogP) is 1.35. The molecule has 1 rings (SSSR count). The molecule has 1 N–H and O–H groups in total. The Kier molecular flexibility index (Phi) is 4.60. The first-order valence-corrected chi connectivity index (χ1v) is 5.21. The lowest BCUT2D eigenvalue weighted by Gasteiger charge is -2.11. The van der Waals surface area contributed by atoms with Crippen LogP contribution in [0.2, 0.25) is 0 Å². The molecule has 1 aromatic carbocycles. The van der Waals surface area contributed by atoms with Crippen LogP contribution in [-0.4, -0.2) is 29.6 Å². The SMILES string of the molecule is C=C(C(=O)c1ccccc1)C(O)C(=O)OCC. The van der Waals surface area contributed by atoms with Gasteiger partial charge in [0.25, 0.3) is 0 Å². The molecule has 0 aliphatic carbocycles. The van der Waals surface area contributed by atoms with Crippen LogP contribution in [0.15, 0.2) is 42.5 Å². The second-order valence-electron chi connectivity index (χ2n) is 3.37. The molecule has 4 heteroatoms. The van der Waals surface area contributed by atoms with Crippen molar-refractivity contribution in [1.29, 1.82) is 0 Å². The standard InChI is InChI=1S/C13H14O4/c1-3-17-13(16)12(15)9(2)11(14)10-7-5-4-6-8-10/h4-8,12,15H,2-3H2,1H3. The highest BCUT2D eigenvalue weighted by Gasteiger charge is 2.25. The summed E-state index contributed by atoms with van der Waals surface area (Å²) in [6.07, 6.45) is -1.61. The van der Waals surface area contributed by atoms with Crippen LogP contribution >= 0.6 is 0 Å². The van der Waals surface area contributed by atoms with E-state index < -0.39 is 17.9 Å². The number of benzene rings is 1. The van der Waals surface area contributed by atoms with Gasteiger partial charge in [-0.1, -0.05) is 36.9 Å². The number of carbonyl (C=O) groups is 2. The van der Waals surface area contributed by atoms with Crippen molar-refractivity contribution in [3.8, 4) is 0 Å². The van der Waals surface area contributed by atoms with Crippen molar-refractivity contribution in [2.24, 2.45) is 0 Å². The summed E-state index contributed by atoms with van der Waals surface area (Å²) in [6.45, 7) is 5.19. The first kappa shape index (κ1) is 13.1. The molecule has 1 unspecified atom stereocenters. The van der Waals surface area contributed by atoms with Crippen molar-refractivity contribution in [2.45, 2.75) is 13.0 Å². The van der Waals surface area contributed by atoms with E-state index in [1.165, 1.54) is 0 Å². The van der Waals surface area contributed by atoms with Gasteiger partial charge < -0.3 is 9.84 Å². The summed E-state index contributed by atoms with van der Waals surface area (Å²) in [4.78, 5) is 23.1. The van der Waals surface area contributed by atoms with E-state index >= 15 is 0 Å². The molecule has 0 radical (unpaired) electrons. The van der Waals surface area contributed by atoms with Crippen LogP contribution in [0.3, 0.4) is 0 Å². The highest BCUT2D eigenvalue weighted by molar-refractivity contribution is 6.11. The monoisotopic (exact) mass is 234 g/mol. The van der Waals surface area contributed by atoms with Crippen LogP contribution in [0.25, 0.3) is 0 Å². The minimum Gasteiger partial charge on any atom is -0.464 e. The normalized spacial score (nSPS) is 11.6. The van der Waals surface area contributed by atoms with Crippen molar-refractivity contribution >= 4 is 11.8 Å². The Bertz CT molecular complexity index is 422. The number of esters is 1. The largest absolute Gasteiger partial charge is 0.464 e. The molecular formula is C13H14O4. The molecule has 17 heavy (non-hydrogen) atoms. The zero-order valence-electron chi connectivity index (χ0n) is 9.55. The fourth-order valence-corrected chi connectivity index (χ4v) is 1.26. The number of hydrogen-bond acceptors (Lipinski definition) is 4. The fraction of sp³-hybridized carbons (Fsp3) is 0.231. The van der Waals surface area contributed by atoms with E-state index in [0.29, 0.717) is 5.56 Å². The van der Waals surface area contributed by atoms with Gasteiger partial charge in [-0.15, -0.1) is 0 Å². The van der Waals surface area contributed by atoms with Crippen molar-refractivity contribution in [1.82, 2.24) is 0 Å². The summed E-state index contributed by atoms with van der Waals surface area (Å²) in [5.74, 6) is -1.33. The average molecular weight is 234 g/mol. The van der Waals surface area contributed by atoms with E-state index in [-0.39, 0.29) is 12.2 Å². The van der Waals surface area contributed by atoms with Crippen molar-refractivity contribution < 1.29 is 19.4 Å². The number of aliphatic hydroxyl groups excluding tert-OH is 1. The average Bonchev–Trinajstić information content (AvgIpc) is 2.37. The fourth-order valence-electron chi connectivity index (χ4n) is 1.26. The van der Waals surface area contributed by atoms with E-state index in [0.717, 1.165) is 0 Å². The minimum atomic E-state index is -1.61. The third kappa shape index (κ3) is 3.26. The van der Waals surface area contributed by atoms with Crippen LogP contribution < -0.4 is 0 Å². The minimum absolute atomic E-state index is 0.142. The number of rotatable bonds is 5. The van der Waals surface area contributed by atoms with E-state index in [2.05, 4.69) is 11.3 Å². The molecule has 0 aliphatic heterocycles. The third-order valence-corrected chi connectivity index (χ3v) is 2.17. The zero-order chi connectivity index (χ0) is 12.8. The molecule has 0 spiro atoms. The summed E-state index contributed by atoms with van der Waals surface area (Å²) in [6, 6.07) is 8.33. The Balaban J connectivity index is 2.77. The Morgan fingerprint density at radius 2 is 1.94 bits per heavy atom. The topological polar surface area (TPSA) is 63.6 Å². The van der Waals surface area contributed by atoms with Crippen LogP contribution in [0.5, 0.6) is 0 Å². The van der Waals surface area contributed by atoms with Gasteiger partial charge in [0.2, 0.25) is 0 Å². The van der Waals surface area contributed by atoms with Crippen molar-refractivity contribution in [3.63, 3.8) is 0 Å². The van der Waals surface area contributed by atoms with Gasteiger partial charge in [-0.3, -0.25) is 4.79 Å². The van der Waals surface area contributed by atoms with E-state index in [9.17, 15) is 14.7 Å².